The van der Waals surface area contributed by atoms with Crippen molar-refractivity contribution >= 4 is 23.5 Å². The Morgan fingerprint density at radius 2 is 1.70 bits per heavy atom. The van der Waals surface area contributed by atoms with E-state index in [2.05, 4.69) is 5.32 Å². The van der Waals surface area contributed by atoms with Crippen molar-refractivity contribution in [2.24, 2.45) is 5.41 Å². The zero-order valence-electron chi connectivity index (χ0n) is 13.9. The van der Waals surface area contributed by atoms with Gasteiger partial charge in [-0.25, -0.2) is 0 Å². The average Bonchev–Trinajstić information content (AvgIpc) is 3.23. The summed E-state index contributed by atoms with van der Waals surface area (Å²) in [6.45, 7) is 5.64. The number of carboxylic acids is 1. The number of nitrogens with one attached hydrogen (secondary N) is 1. The third kappa shape index (κ3) is 3.36. The smallest absolute Gasteiger partial charge is 0.319 e. The first-order valence-electron chi connectivity index (χ1n) is 7.54. The minimum atomic E-state index is -1.31. The number of aryl methyl sites for hydroxylation is 3. The van der Waals surface area contributed by atoms with E-state index in [0.717, 1.165) is 22.4 Å². The molecule has 1 aromatic rings. The van der Waals surface area contributed by atoms with Crippen LogP contribution in [-0.4, -0.2) is 41.4 Å². The van der Waals surface area contributed by atoms with E-state index in [9.17, 15) is 14.4 Å². The maximum atomic E-state index is 12.2. The fourth-order valence-corrected chi connectivity index (χ4v) is 2.85. The first-order chi connectivity index (χ1) is 10.7. The number of benzene rings is 1. The van der Waals surface area contributed by atoms with E-state index in [-0.39, 0.29) is 12.5 Å². The summed E-state index contributed by atoms with van der Waals surface area (Å²) in [6, 6.07) is 3.95. The van der Waals surface area contributed by atoms with Gasteiger partial charge in [0.05, 0.1) is 6.54 Å². The van der Waals surface area contributed by atoms with Crippen LogP contribution in [0.2, 0.25) is 0 Å². The van der Waals surface area contributed by atoms with Gasteiger partial charge in [-0.05, 0) is 44.7 Å². The highest BCUT2D eigenvalue weighted by atomic mass is 16.4. The highest BCUT2D eigenvalue weighted by Crippen LogP contribution is 2.47. The van der Waals surface area contributed by atoms with Crippen molar-refractivity contribution in [2.45, 2.75) is 33.6 Å². The summed E-state index contributed by atoms with van der Waals surface area (Å²) < 4.78 is 0. The molecule has 0 saturated heterocycles. The fourth-order valence-electron chi connectivity index (χ4n) is 2.85. The van der Waals surface area contributed by atoms with Gasteiger partial charge < -0.3 is 15.3 Å². The lowest BCUT2D eigenvalue weighted by atomic mass is 10.0. The minimum Gasteiger partial charge on any atom is -0.480 e. The third-order valence-electron chi connectivity index (χ3n) is 4.24. The fraction of sp³-hybridized carbons (Fsp3) is 0.471. The van der Waals surface area contributed by atoms with Crippen LogP contribution in [0.3, 0.4) is 0 Å². The Labute approximate surface area is 135 Å². The Balaban J connectivity index is 2.03. The molecule has 0 radical (unpaired) electrons. The summed E-state index contributed by atoms with van der Waals surface area (Å²) >= 11 is 0. The van der Waals surface area contributed by atoms with Crippen LogP contribution in [0.25, 0.3) is 0 Å². The van der Waals surface area contributed by atoms with E-state index in [0.29, 0.717) is 12.8 Å². The first kappa shape index (κ1) is 17.0. The third-order valence-corrected chi connectivity index (χ3v) is 4.24. The molecule has 1 saturated carbocycles. The second-order valence-electron chi connectivity index (χ2n) is 6.37. The van der Waals surface area contributed by atoms with Crippen LogP contribution in [0.1, 0.15) is 29.5 Å². The maximum Gasteiger partial charge on any atom is 0.319 e. The molecule has 6 nitrogen and oxygen atoms in total. The van der Waals surface area contributed by atoms with Gasteiger partial charge in [0.1, 0.15) is 5.41 Å². The first-order valence-corrected chi connectivity index (χ1v) is 7.54. The normalized spacial score (nSPS) is 15.0. The van der Waals surface area contributed by atoms with E-state index >= 15 is 0 Å². The van der Waals surface area contributed by atoms with Gasteiger partial charge in [0.2, 0.25) is 11.8 Å². The lowest BCUT2D eigenvalue weighted by molar-refractivity contribution is -0.153. The van der Waals surface area contributed by atoms with Gasteiger partial charge in [-0.2, -0.15) is 0 Å². The Kier molecular flexibility index (Phi) is 4.45. The SMILES string of the molecule is Cc1cc(C)c(NC(=O)CN(C)C(=O)C2(C(=O)O)CC2)c(C)c1. The molecule has 0 spiro atoms. The second-order valence-corrected chi connectivity index (χ2v) is 6.37. The number of rotatable bonds is 5. The molecule has 1 aromatic carbocycles. The summed E-state index contributed by atoms with van der Waals surface area (Å²) in [7, 11) is 1.46. The molecule has 0 aromatic heterocycles. The zero-order chi connectivity index (χ0) is 17.4. The van der Waals surface area contributed by atoms with Crippen LogP contribution in [0, 0.1) is 26.2 Å². The molecule has 1 fully saturated rings. The number of carboxylic acid groups (broad SMARTS) is 1. The van der Waals surface area contributed by atoms with Crippen molar-refractivity contribution in [2.75, 3.05) is 18.9 Å². The number of amides is 2. The number of anilines is 1. The van der Waals surface area contributed by atoms with Gasteiger partial charge in [0, 0.05) is 12.7 Å². The molecule has 0 aliphatic heterocycles. The highest BCUT2D eigenvalue weighted by molar-refractivity contribution is 6.06. The van der Waals surface area contributed by atoms with Gasteiger partial charge in [-0.15, -0.1) is 0 Å². The molecule has 0 heterocycles. The molecule has 1 aliphatic rings. The quantitative estimate of drug-likeness (QED) is 0.812. The standard InChI is InChI=1S/C17H22N2O4/c1-10-7-11(2)14(12(3)8-10)18-13(20)9-19(4)15(21)17(5-6-17)16(22)23/h7-8H,5-6,9H2,1-4H3,(H,18,20)(H,22,23). The van der Waals surface area contributed by atoms with E-state index in [4.69, 9.17) is 5.11 Å². The Morgan fingerprint density at radius 3 is 2.13 bits per heavy atom. The van der Waals surface area contributed by atoms with E-state index < -0.39 is 17.3 Å². The number of likely N-dealkylation sites (N-methyl/N-ethyl adjacent to an activating group) is 1. The molecule has 1 aliphatic carbocycles. The molecule has 0 bridgehead atoms. The Hall–Kier alpha value is -2.37. The van der Waals surface area contributed by atoms with E-state index in [1.165, 1.54) is 11.9 Å². The van der Waals surface area contributed by atoms with Crippen LogP contribution >= 0.6 is 0 Å². The molecule has 6 heteroatoms. The Morgan fingerprint density at radius 1 is 1.17 bits per heavy atom. The van der Waals surface area contributed by atoms with Crippen molar-refractivity contribution in [3.63, 3.8) is 0 Å². The van der Waals surface area contributed by atoms with Crippen molar-refractivity contribution in [1.29, 1.82) is 0 Å². The minimum absolute atomic E-state index is 0.166. The van der Waals surface area contributed by atoms with Crippen LogP contribution in [0.4, 0.5) is 5.69 Å². The molecular formula is C17H22N2O4. The van der Waals surface area contributed by atoms with E-state index in [1.54, 1.807) is 0 Å². The number of hydrogen-bond acceptors (Lipinski definition) is 3. The lowest BCUT2D eigenvalue weighted by Gasteiger charge is -2.21. The van der Waals surface area contributed by atoms with E-state index in [1.807, 2.05) is 32.9 Å². The topological polar surface area (TPSA) is 86.7 Å². The van der Waals surface area contributed by atoms with Crippen LogP contribution < -0.4 is 5.32 Å². The lowest BCUT2D eigenvalue weighted by Crippen LogP contribution is -2.42. The highest BCUT2D eigenvalue weighted by Gasteiger charge is 2.58. The number of carbonyl (C=O) groups is 3. The zero-order valence-corrected chi connectivity index (χ0v) is 13.9. The van der Waals surface area contributed by atoms with Gasteiger partial charge in [-0.3, -0.25) is 14.4 Å². The predicted molar refractivity (Wildman–Crippen MR) is 86.2 cm³/mol. The second kappa shape index (κ2) is 6.02. The molecule has 2 N–H and O–H groups in total. The largest absolute Gasteiger partial charge is 0.480 e. The average molecular weight is 318 g/mol. The number of carbonyl (C=O) groups excluding carboxylic acids is 2. The van der Waals surface area contributed by atoms with Gasteiger partial charge in [0.25, 0.3) is 0 Å². The predicted octanol–water partition coefficient (Wildman–Crippen LogP) is 1.87. The molecule has 0 unspecified atom stereocenters. The van der Waals surface area contributed by atoms with Crippen molar-refractivity contribution in [1.82, 2.24) is 4.90 Å². The maximum absolute atomic E-state index is 12.2. The molecule has 124 valence electrons. The molecule has 0 atom stereocenters. The molecule has 23 heavy (non-hydrogen) atoms. The summed E-state index contributed by atoms with van der Waals surface area (Å²) in [5, 5.41) is 12.0. The van der Waals surface area contributed by atoms with Crippen LogP contribution in [0.15, 0.2) is 12.1 Å². The summed E-state index contributed by atoms with van der Waals surface area (Å²) in [5.74, 6) is -1.95. The number of hydrogen-bond donors (Lipinski definition) is 2. The van der Waals surface area contributed by atoms with Gasteiger partial charge in [0.15, 0.2) is 0 Å². The van der Waals surface area contributed by atoms with Gasteiger partial charge >= 0.3 is 5.97 Å². The van der Waals surface area contributed by atoms with Crippen LogP contribution in [-0.2, 0) is 14.4 Å². The monoisotopic (exact) mass is 318 g/mol. The van der Waals surface area contributed by atoms with Crippen LogP contribution in [0.5, 0.6) is 0 Å². The summed E-state index contributed by atoms with van der Waals surface area (Å²) in [6.07, 6.45) is 0.673. The number of aliphatic carboxylic acids is 1. The molecule has 2 rings (SSSR count). The molecular weight excluding hydrogens is 296 g/mol. The molecule has 2 amide bonds. The summed E-state index contributed by atoms with van der Waals surface area (Å²) in [4.78, 5) is 36.8. The van der Waals surface area contributed by atoms with Crippen molar-refractivity contribution in [3.05, 3.63) is 28.8 Å². The van der Waals surface area contributed by atoms with Crippen molar-refractivity contribution in [3.8, 4) is 0 Å². The van der Waals surface area contributed by atoms with Crippen molar-refractivity contribution < 1.29 is 19.5 Å². The summed E-state index contributed by atoms with van der Waals surface area (Å²) in [5.41, 5.74) is 2.44. The number of nitrogens with zero attached hydrogens (tertiary/aromatic N) is 1. The Bertz CT molecular complexity index is 654. The van der Waals surface area contributed by atoms with Gasteiger partial charge in [-0.1, -0.05) is 17.7 Å².